The number of carbonyl (C=O) groups excluding carboxylic acids is 3. The first-order chi connectivity index (χ1) is 11.6. The van der Waals surface area contributed by atoms with Crippen LogP contribution in [0.5, 0.6) is 0 Å². The van der Waals surface area contributed by atoms with Crippen molar-refractivity contribution >= 4 is 24.3 Å². The van der Waals surface area contributed by atoms with Crippen LogP contribution in [-0.2, 0) is 9.59 Å². The molecule has 1 fully saturated rings. The lowest BCUT2D eigenvalue weighted by Gasteiger charge is -2.36. The highest BCUT2D eigenvalue weighted by Gasteiger charge is 2.48. The lowest BCUT2D eigenvalue weighted by Crippen LogP contribution is -2.64. The highest BCUT2D eigenvalue weighted by molar-refractivity contribution is 6.03. The normalized spacial score (nSPS) is 22.8. The summed E-state index contributed by atoms with van der Waals surface area (Å²) in [6.07, 6.45) is 6.72. The number of likely N-dealkylation sites (N-methyl/N-ethyl adjacent to an activating group) is 1. The largest absolute Gasteiger partial charge is 0.326 e. The number of fused-ring (bicyclic) bond motifs is 1. The van der Waals surface area contributed by atoms with Crippen LogP contribution >= 0.6 is 0 Å². The summed E-state index contributed by atoms with van der Waals surface area (Å²) >= 11 is 0. The molecule has 0 spiro atoms. The molecule has 134 valence electrons. The van der Waals surface area contributed by atoms with Gasteiger partial charge in [0.05, 0.1) is 0 Å². The number of hydrogen-bond acceptors (Lipinski definition) is 6. The second kappa shape index (κ2) is 8.51. The Morgan fingerprint density at radius 3 is 2.62 bits per heavy atom. The van der Waals surface area contributed by atoms with E-state index in [-0.39, 0.29) is 5.91 Å². The van der Waals surface area contributed by atoms with Crippen LogP contribution in [0.4, 0.5) is 4.79 Å². The van der Waals surface area contributed by atoms with Gasteiger partial charge < -0.3 is 9.80 Å². The molecule has 9 nitrogen and oxygen atoms in total. The van der Waals surface area contributed by atoms with Gasteiger partial charge in [0.25, 0.3) is 5.91 Å². The number of urea groups is 1. The summed E-state index contributed by atoms with van der Waals surface area (Å²) in [5.74, 6) is 0.0445. The van der Waals surface area contributed by atoms with Crippen LogP contribution in [0.1, 0.15) is 45.4 Å². The molecule has 0 aromatic carbocycles. The molecule has 3 N–H and O–H groups in total. The predicted molar refractivity (Wildman–Crippen MR) is 88.7 cm³/mol. The molecule has 0 saturated carbocycles. The zero-order valence-corrected chi connectivity index (χ0v) is 14.2. The van der Waals surface area contributed by atoms with E-state index < -0.39 is 18.2 Å². The molecule has 0 aliphatic carbocycles. The van der Waals surface area contributed by atoms with Crippen molar-refractivity contribution in [3.63, 3.8) is 0 Å². The van der Waals surface area contributed by atoms with Gasteiger partial charge in [-0.2, -0.15) is 0 Å². The summed E-state index contributed by atoms with van der Waals surface area (Å²) in [5, 5.41) is 2.34. The minimum atomic E-state index is -0.581. The second-order valence-electron chi connectivity index (χ2n) is 6.06. The Balaban J connectivity index is 1.99. The van der Waals surface area contributed by atoms with Crippen molar-refractivity contribution in [3.8, 4) is 0 Å². The summed E-state index contributed by atoms with van der Waals surface area (Å²) in [7, 11) is 1.60. The molecule has 2 aliphatic rings. The van der Waals surface area contributed by atoms with Crippen LogP contribution in [-0.4, -0.2) is 59.9 Å². The fraction of sp³-hybridized carbons (Fsp3) is 0.733. The number of hydrogen-bond donors (Lipinski definition) is 3. The fourth-order valence-corrected chi connectivity index (χ4v) is 3.03. The lowest BCUT2D eigenvalue weighted by molar-refractivity contribution is -0.127. The van der Waals surface area contributed by atoms with Gasteiger partial charge in [0, 0.05) is 13.6 Å². The molecule has 24 heavy (non-hydrogen) atoms. The minimum absolute atomic E-state index is 0.360. The molecular weight excluding hydrogens is 312 g/mol. The second-order valence-corrected chi connectivity index (χ2v) is 6.06. The van der Waals surface area contributed by atoms with Crippen molar-refractivity contribution in [2.45, 2.75) is 57.7 Å². The zero-order chi connectivity index (χ0) is 17.5. The van der Waals surface area contributed by atoms with Crippen molar-refractivity contribution in [1.82, 2.24) is 26.0 Å². The predicted octanol–water partition coefficient (Wildman–Crippen LogP) is 0.145. The first-order valence-electron chi connectivity index (χ1n) is 8.47. The van der Waals surface area contributed by atoms with Crippen molar-refractivity contribution in [2.75, 3.05) is 13.6 Å². The number of imide groups is 1. The Kier molecular flexibility index (Phi) is 6.39. The van der Waals surface area contributed by atoms with Gasteiger partial charge in [0.15, 0.2) is 12.2 Å². The van der Waals surface area contributed by atoms with E-state index in [0.717, 1.165) is 19.3 Å². The van der Waals surface area contributed by atoms with Gasteiger partial charge in [-0.1, -0.05) is 39.0 Å². The maximum absolute atomic E-state index is 12.2. The first-order valence-corrected chi connectivity index (χ1v) is 8.47. The van der Waals surface area contributed by atoms with E-state index in [1.165, 1.54) is 24.2 Å². The standard InChI is InChI=1S/C15H26N6O3/c1-3-4-5-6-7-8-9-21-11-12(17-14(21)19-16-10-22)20(2)15(24)18-13(11)23/h10-12H,3-9H2,1-2H3,(H,16,22)(H,17,19)(H,18,23,24). The number of rotatable bonds is 9. The number of nitrogens with one attached hydrogen (secondary N) is 3. The average Bonchev–Trinajstić information content (AvgIpc) is 2.93. The molecular formula is C15H26N6O3. The summed E-state index contributed by atoms with van der Waals surface area (Å²) in [4.78, 5) is 42.1. The Morgan fingerprint density at radius 2 is 1.92 bits per heavy atom. The number of nitrogens with zero attached hydrogens (tertiary/aromatic N) is 3. The molecule has 1 saturated heterocycles. The monoisotopic (exact) mass is 338 g/mol. The highest BCUT2D eigenvalue weighted by atomic mass is 16.2. The van der Waals surface area contributed by atoms with Gasteiger partial charge in [-0.05, 0) is 6.42 Å². The molecule has 2 unspecified atom stereocenters. The van der Waals surface area contributed by atoms with Gasteiger partial charge in [-0.15, -0.1) is 0 Å². The number of hydrazine groups is 1. The summed E-state index contributed by atoms with van der Waals surface area (Å²) < 4.78 is 0. The maximum Gasteiger partial charge on any atom is 0.325 e. The van der Waals surface area contributed by atoms with E-state index in [2.05, 4.69) is 28.1 Å². The Hall–Kier alpha value is -2.32. The molecule has 9 heteroatoms. The third-order valence-corrected chi connectivity index (χ3v) is 4.36. The molecule has 2 rings (SSSR count). The van der Waals surface area contributed by atoms with Gasteiger partial charge in [-0.25, -0.2) is 9.79 Å². The topological polar surface area (TPSA) is 106 Å². The zero-order valence-electron chi connectivity index (χ0n) is 14.2. The first kappa shape index (κ1) is 18.0. The fourth-order valence-electron chi connectivity index (χ4n) is 3.03. The molecule has 0 aromatic rings. The SMILES string of the molecule is CCCCCCCCN1C(NNC=O)=NC2C1C(=O)NC(=O)N2C. The molecule has 2 heterocycles. The van der Waals surface area contributed by atoms with Crippen LogP contribution in [0.3, 0.4) is 0 Å². The molecule has 0 radical (unpaired) electrons. The number of unbranched alkanes of at least 4 members (excludes halogenated alkanes) is 5. The van der Waals surface area contributed by atoms with E-state index in [9.17, 15) is 14.4 Å². The third-order valence-electron chi connectivity index (χ3n) is 4.36. The van der Waals surface area contributed by atoms with Crippen molar-refractivity contribution < 1.29 is 14.4 Å². The van der Waals surface area contributed by atoms with Gasteiger partial charge in [0.1, 0.15) is 0 Å². The van der Waals surface area contributed by atoms with Crippen molar-refractivity contribution in [3.05, 3.63) is 0 Å². The average molecular weight is 338 g/mol. The van der Waals surface area contributed by atoms with Crippen LogP contribution < -0.4 is 16.2 Å². The molecule has 0 bridgehead atoms. The van der Waals surface area contributed by atoms with Gasteiger partial charge >= 0.3 is 6.03 Å². The van der Waals surface area contributed by atoms with E-state index >= 15 is 0 Å². The minimum Gasteiger partial charge on any atom is -0.326 e. The Morgan fingerprint density at radius 1 is 1.21 bits per heavy atom. The van der Waals surface area contributed by atoms with Crippen LogP contribution in [0.2, 0.25) is 0 Å². The van der Waals surface area contributed by atoms with Crippen LogP contribution in [0.25, 0.3) is 0 Å². The third kappa shape index (κ3) is 3.95. The number of carbonyl (C=O) groups is 3. The lowest BCUT2D eigenvalue weighted by atomic mass is 10.1. The quantitative estimate of drug-likeness (QED) is 0.315. The van der Waals surface area contributed by atoms with Gasteiger partial charge in [0.2, 0.25) is 12.4 Å². The van der Waals surface area contributed by atoms with Crippen molar-refractivity contribution in [2.24, 2.45) is 4.99 Å². The Labute approximate surface area is 141 Å². The summed E-state index contributed by atoms with van der Waals surface area (Å²) in [6, 6.07) is -1.03. The smallest absolute Gasteiger partial charge is 0.325 e. The number of amides is 4. The summed E-state index contributed by atoms with van der Waals surface area (Å²) in [6.45, 7) is 2.81. The van der Waals surface area contributed by atoms with E-state index in [4.69, 9.17) is 0 Å². The van der Waals surface area contributed by atoms with Crippen LogP contribution in [0.15, 0.2) is 4.99 Å². The molecule has 2 aliphatic heterocycles. The van der Waals surface area contributed by atoms with Gasteiger partial charge in [-0.3, -0.25) is 25.8 Å². The van der Waals surface area contributed by atoms with E-state index in [1.807, 2.05) is 4.90 Å². The molecule has 4 amide bonds. The Bertz CT molecular complexity index is 509. The van der Waals surface area contributed by atoms with Crippen LogP contribution in [0, 0.1) is 0 Å². The summed E-state index contributed by atoms with van der Waals surface area (Å²) in [5.41, 5.74) is 5.05. The van der Waals surface area contributed by atoms with E-state index in [1.54, 1.807) is 7.05 Å². The van der Waals surface area contributed by atoms with E-state index in [0.29, 0.717) is 18.9 Å². The highest BCUT2D eigenvalue weighted by Crippen LogP contribution is 2.23. The maximum atomic E-state index is 12.2. The number of aliphatic imine (C=N–C) groups is 1. The molecule has 2 atom stereocenters. The van der Waals surface area contributed by atoms with Crippen molar-refractivity contribution in [1.29, 1.82) is 0 Å². The molecule has 0 aromatic heterocycles. The number of guanidine groups is 1.